The van der Waals surface area contributed by atoms with Crippen molar-refractivity contribution in [3.05, 3.63) is 56.1 Å². The molecule has 0 heterocycles. The summed E-state index contributed by atoms with van der Waals surface area (Å²) in [5, 5.41) is 5.84. The van der Waals surface area contributed by atoms with Gasteiger partial charge in [-0.1, -0.05) is 0 Å². The third-order valence-electron chi connectivity index (χ3n) is 2.74. The Labute approximate surface area is 155 Å². The van der Waals surface area contributed by atoms with Gasteiger partial charge in [0.25, 0.3) is 5.91 Å². The van der Waals surface area contributed by atoms with Gasteiger partial charge in [-0.3, -0.25) is 10.1 Å². The third kappa shape index (κ3) is 4.65. The zero-order valence-corrected chi connectivity index (χ0v) is 16.1. The molecule has 22 heavy (non-hydrogen) atoms. The summed E-state index contributed by atoms with van der Waals surface area (Å²) in [7, 11) is 1.60. The maximum atomic E-state index is 12.1. The van der Waals surface area contributed by atoms with Gasteiger partial charge >= 0.3 is 0 Å². The highest BCUT2D eigenvalue weighted by Crippen LogP contribution is 2.27. The van der Waals surface area contributed by atoms with Crippen molar-refractivity contribution in [2.24, 2.45) is 0 Å². The van der Waals surface area contributed by atoms with E-state index in [0.29, 0.717) is 5.56 Å². The zero-order chi connectivity index (χ0) is 16.1. The van der Waals surface area contributed by atoms with E-state index in [1.165, 1.54) is 0 Å². The van der Waals surface area contributed by atoms with Crippen molar-refractivity contribution in [3.63, 3.8) is 0 Å². The SMILES string of the molecule is COc1ccc(NC(=S)NC(=O)c2ccc(I)cc2)cc1Br. The van der Waals surface area contributed by atoms with Crippen LogP contribution in [0.15, 0.2) is 46.9 Å². The predicted molar refractivity (Wildman–Crippen MR) is 104 cm³/mol. The van der Waals surface area contributed by atoms with Crippen molar-refractivity contribution in [1.29, 1.82) is 0 Å². The van der Waals surface area contributed by atoms with Crippen molar-refractivity contribution >= 4 is 67.4 Å². The second kappa shape index (κ2) is 7.89. The van der Waals surface area contributed by atoms with E-state index in [0.717, 1.165) is 19.5 Å². The number of thiocarbonyl (C=S) groups is 1. The lowest BCUT2D eigenvalue weighted by Crippen LogP contribution is -2.34. The topological polar surface area (TPSA) is 50.4 Å². The van der Waals surface area contributed by atoms with Crippen LogP contribution >= 0.6 is 50.7 Å². The van der Waals surface area contributed by atoms with Crippen LogP contribution in [0.3, 0.4) is 0 Å². The van der Waals surface area contributed by atoms with Crippen molar-refractivity contribution in [2.75, 3.05) is 12.4 Å². The van der Waals surface area contributed by atoms with Crippen LogP contribution in [0.5, 0.6) is 5.75 Å². The second-order valence-electron chi connectivity index (χ2n) is 4.26. The van der Waals surface area contributed by atoms with E-state index in [9.17, 15) is 4.79 Å². The summed E-state index contributed by atoms with van der Waals surface area (Å²) in [6.45, 7) is 0. The van der Waals surface area contributed by atoms with E-state index in [2.05, 4.69) is 49.2 Å². The van der Waals surface area contributed by atoms with Crippen molar-refractivity contribution in [2.45, 2.75) is 0 Å². The number of hydrogen-bond acceptors (Lipinski definition) is 3. The minimum atomic E-state index is -0.249. The molecule has 0 aliphatic carbocycles. The molecule has 0 aliphatic heterocycles. The van der Waals surface area contributed by atoms with Gasteiger partial charge in [-0.25, -0.2) is 0 Å². The number of benzene rings is 2. The lowest BCUT2D eigenvalue weighted by Gasteiger charge is -2.11. The molecular formula is C15H12BrIN2O2S. The van der Waals surface area contributed by atoms with Crippen LogP contribution in [0.1, 0.15) is 10.4 Å². The molecule has 2 N–H and O–H groups in total. The highest BCUT2D eigenvalue weighted by molar-refractivity contribution is 14.1. The molecule has 0 saturated heterocycles. The molecule has 0 atom stereocenters. The fourth-order valence-electron chi connectivity index (χ4n) is 1.68. The number of nitrogens with one attached hydrogen (secondary N) is 2. The van der Waals surface area contributed by atoms with Crippen LogP contribution in [0, 0.1) is 3.57 Å². The van der Waals surface area contributed by atoms with Crippen LogP contribution in [-0.2, 0) is 0 Å². The van der Waals surface area contributed by atoms with Crippen LogP contribution in [-0.4, -0.2) is 18.1 Å². The molecule has 0 saturated carbocycles. The van der Waals surface area contributed by atoms with E-state index >= 15 is 0 Å². The summed E-state index contributed by atoms with van der Waals surface area (Å²) >= 11 is 10.7. The standard InChI is InChI=1S/C15H12BrIN2O2S/c1-21-13-7-6-11(8-12(13)16)18-15(22)19-14(20)9-2-4-10(17)5-3-9/h2-8H,1H3,(H2,18,19,20,22). The van der Waals surface area contributed by atoms with Crippen molar-refractivity contribution < 1.29 is 9.53 Å². The minimum Gasteiger partial charge on any atom is -0.496 e. The van der Waals surface area contributed by atoms with Gasteiger partial charge in [0.05, 0.1) is 11.6 Å². The van der Waals surface area contributed by atoms with Gasteiger partial charge in [-0.2, -0.15) is 0 Å². The average molecular weight is 491 g/mol. The van der Waals surface area contributed by atoms with Gasteiger partial charge < -0.3 is 10.1 Å². The molecule has 2 rings (SSSR count). The molecule has 0 aromatic heterocycles. The Morgan fingerprint density at radius 2 is 1.91 bits per heavy atom. The van der Waals surface area contributed by atoms with Gasteiger partial charge in [-0.15, -0.1) is 0 Å². The van der Waals surface area contributed by atoms with Crippen molar-refractivity contribution in [1.82, 2.24) is 5.32 Å². The van der Waals surface area contributed by atoms with Crippen LogP contribution in [0.25, 0.3) is 0 Å². The molecule has 2 aromatic rings. The zero-order valence-electron chi connectivity index (χ0n) is 11.5. The maximum absolute atomic E-state index is 12.1. The average Bonchev–Trinajstić information content (AvgIpc) is 2.48. The fraction of sp³-hybridized carbons (Fsp3) is 0.0667. The van der Waals surface area contributed by atoms with Gasteiger partial charge in [0, 0.05) is 14.8 Å². The third-order valence-corrected chi connectivity index (χ3v) is 4.29. The van der Waals surface area contributed by atoms with Crippen LogP contribution in [0.4, 0.5) is 5.69 Å². The van der Waals surface area contributed by atoms with E-state index in [1.807, 2.05) is 24.3 Å². The van der Waals surface area contributed by atoms with E-state index < -0.39 is 0 Å². The second-order valence-corrected chi connectivity index (χ2v) is 6.77. The number of methoxy groups -OCH3 is 1. The van der Waals surface area contributed by atoms with Crippen LogP contribution in [0.2, 0.25) is 0 Å². The summed E-state index contributed by atoms with van der Waals surface area (Å²) in [6.07, 6.45) is 0. The molecule has 0 radical (unpaired) electrons. The summed E-state index contributed by atoms with van der Waals surface area (Å²) in [6, 6.07) is 12.7. The number of hydrogen-bond donors (Lipinski definition) is 2. The fourth-order valence-corrected chi connectivity index (χ4v) is 2.79. The Morgan fingerprint density at radius 3 is 2.50 bits per heavy atom. The van der Waals surface area contributed by atoms with E-state index in [1.54, 1.807) is 25.3 Å². The lowest BCUT2D eigenvalue weighted by molar-refractivity contribution is 0.0977. The van der Waals surface area contributed by atoms with E-state index in [4.69, 9.17) is 17.0 Å². The Kier molecular flexibility index (Phi) is 6.16. The van der Waals surface area contributed by atoms with Crippen LogP contribution < -0.4 is 15.4 Å². The maximum Gasteiger partial charge on any atom is 0.257 e. The monoisotopic (exact) mass is 490 g/mol. The van der Waals surface area contributed by atoms with E-state index in [-0.39, 0.29) is 11.0 Å². The molecule has 0 fully saturated rings. The minimum absolute atomic E-state index is 0.237. The normalized spacial score (nSPS) is 9.95. The summed E-state index contributed by atoms with van der Waals surface area (Å²) in [4.78, 5) is 12.1. The first-order valence-corrected chi connectivity index (χ1v) is 8.49. The molecule has 0 spiro atoms. The number of anilines is 1. The Bertz CT molecular complexity index is 707. The molecule has 7 heteroatoms. The number of amides is 1. The largest absolute Gasteiger partial charge is 0.496 e. The molecule has 0 unspecified atom stereocenters. The van der Waals surface area contributed by atoms with Crippen molar-refractivity contribution in [3.8, 4) is 5.75 Å². The highest BCUT2D eigenvalue weighted by atomic mass is 127. The Morgan fingerprint density at radius 1 is 1.23 bits per heavy atom. The molecule has 4 nitrogen and oxygen atoms in total. The quantitative estimate of drug-likeness (QED) is 0.500. The summed E-state index contributed by atoms with van der Waals surface area (Å²) in [5.41, 5.74) is 1.31. The molecular weight excluding hydrogens is 479 g/mol. The summed E-state index contributed by atoms with van der Waals surface area (Å²) in [5.74, 6) is 0.473. The number of ether oxygens (including phenoxy) is 1. The Hall–Kier alpha value is -1.19. The molecule has 1 amide bonds. The van der Waals surface area contributed by atoms with Gasteiger partial charge in [0.2, 0.25) is 0 Å². The Balaban J connectivity index is 1.99. The lowest BCUT2D eigenvalue weighted by atomic mass is 10.2. The molecule has 114 valence electrons. The highest BCUT2D eigenvalue weighted by Gasteiger charge is 2.08. The number of carbonyl (C=O) groups is 1. The first-order valence-electron chi connectivity index (χ1n) is 6.21. The predicted octanol–water partition coefficient (Wildman–Crippen LogP) is 4.19. The van der Waals surface area contributed by atoms with Gasteiger partial charge in [-0.05, 0) is 93.2 Å². The summed E-state index contributed by atoms with van der Waals surface area (Å²) < 4.78 is 7.02. The molecule has 2 aromatic carbocycles. The molecule has 0 bridgehead atoms. The molecule has 0 aliphatic rings. The first kappa shape index (κ1) is 17.2. The van der Waals surface area contributed by atoms with Gasteiger partial charge in [0.15, 0.2) is 5.11 Å². The number of halogens is 2. The van der Waals surface area contributed by atoms with Gasteiger partial charge in [0.1, 0.15) is 5.75 Å². The smallest absolute Gasteiger partial charge is 0.257 e. The number of rotatable bonds is 3. The number of carbonyl (C=O) groups excluding carboxylic acids is 1. The first-order chi connectivity index (χ1) is 10.5.